The topological polar surface area (TPSA) is 148 Å². The molecule has 0 heterocycles. The number of hydrogen-bond donors (Lipinski definition) is 6. The standard InChI is InChI=1S/C16H19O8P/c17-12-8-6-11(7-9-12)3-2-10-16(19,20)15-13(18)4-1-5-14(15)24-25(21,22)23/h1,4-9,17-20H,2-3,10H2,(H2,21,22,23). The first-order valence-electron chi connectivity index (χ1n) is 7.39. The van der Waals surface area contributed by atoms with E-state index in [1.807, 2.05) is 0 Å². The summed E-state index contributed by atoms with van der Waals surface area (Å²) < 4.78 is 15.5. The quantitative estimate of drug-likeness (QED) is 0.319. The lowest BCUT2D eigenvalue weighted by molar-refractivity contribution is -0.176. The molecule has 0 saturated carbocycles. The van der Waals surface area contributed by atoms with E-state index < -0.39 is 30.7 Å². The smallest absolute Gasteiger partial charge is 0.508 e. The third-order valence-electron chi connectivity index (χ3n) is 3.55. The fourth-order valence-corrected chi connectivity index (χ4v) is 2.86. The van der Waals surface area contributed by atoms with Gasteiger partial charge in [0.25, 0.3) is 0 Å². The number of hydrogen-bond acceptors (Lipinski definition) is 6. The van der Waals surface area contributed by atoms with Crippen LogP contribution in [-0.4, -0.2) is 30.2 Å². The van der Waals surface area contributed by atoms with Crippen LogP contribution in [0.5, 0.6) is 17.2 Å². The van der Waals surface area contributed by atoms with Crippen LogP contribution in [0.4, 0.5) is 0 Å². The minimum Gasteiger partial charge on any atom is -0.508 e. The Hall–Kier alpha value is -2.09. The van der Waals surface area contributed by atoms with Gasteiger partial charge in [-0.2, -0.15) is 0 Å². The highest BCUT2D eigenvalue weighted by Crippen LogP contribution is 2.45. The molecule has 0 amide bonds. The van der Waals surface area contributed by atoms with Gasteiger partial charge in [0.2, 0.25) is 0 Å². The molecule has 25 heavy (non-hydrogen) atoms. The maximum atomic E-state index is 11.0. The molecule has 0 aliphatic rings. The van der Waals surface area contributed by atoms with Crippen molar-refractivity contribution in [2.75, 3.05) is 0 Å². The molecular weight excluding hydrogens is 351 g/mol. The molecule has 0 unspecified atom stereocenters. The number of rotatable bonds is 7. The first-order valence-corrected chi connectivity index (χ1v) is 8.92. The van der Waals surface area contributed by atoms with E-state index in [4.69, 9.17) is 9.79 Å². The Balaban J connectivity index is 2.15. The fourth-order valence-electron chi connectivity index (χ4n) is 2.45. The monoisotopic (exact) mass is 370 g/mol. The summed E-state index contributed by atoms with van der Waals surface area (Å²) in [5, 5.41) is 39.7. The molecule has 2 aromatic carbocycles. The second-order valence-electron chi connectivity index (χ2n) is 5.57. The lowest BCUT2D eigenvalue weighted by Crippen LogP contribution is -2.26. The van der Waals surface area contributed by atoms with Crippen molar-refractivity contribution < 1.29 is 39.3 Å². The van der Waals surface area contributed by atoms with Crippen LogP contribution in [0.25, 0.3) is 0 Å². The van der Waals surface area contributed by atoms with Gasteiger partial charge in [-0.1, -0.05) is 18.2 Å². The third-order valence-corrected chi connectivity index (χ3v) is 3.98. The molecule has 0 aromatic heterocycles. The second-order valence-corrected chi connectivity index (χ2v) is 6.73. The van der Waals surface area contributed by atoms with Gasteiger partial charge in [0.05, 0.1) is 5.56 Å². The van der Waals surface area contributed by atoms with E-state index in [9.17, 15) is 25.0 Å². The summed E-state index contributed by atoms with van der Waals surface area (Å²) in [5.74, 6) is -3.49. The molecule has 136 valence electrons. The average Bonchev–Trinajstić information content (AvgIpc) is 2.47. The first-order chi connectivity index (χ1) is 11.6. The molecule has 2 aromatic rings. The van der Waals surface area contributed by atoms with Crippen LogP contribution in [0.1, 0.15) is 24.0 Å². The van der Waals surface area contributed by atoms with Gasteiger partial charge >= 0.3 is 7.82 Å². The molecule has 0 atom stereocenters. The number of phosphoric acid groups is 1. The Morgan fingerprint density at radius 2 is 1.64 bits per heavy atom. The van der Waals surface area contributed by atoms with E-state index in [-0.39, 0.29) is 12.2 Å². The molecule has 6 N–H and O–H groups in total. The highest BCUT2D eigenvalue weighted by Gasteiger charge is 2.34. The number of phosphoric ester groups is 1. The number of aliphatic hydroxyl groups is 2. The molecule has 9 heteroatoms. The van der Waals surface area contributed by atoms with Gasteiger partial charge in [-0.05, 0) is 42.7 Å². The van der Waals surface area contributed by atoms with Gasteiger partial charge in [0, 0.05) is 6.42 Å². The summed E-state index contributed by atoms with van der Waals surface area (Å²) in [6, 6.07) is 9.93. The van der Waals surface area contributed by atoms with E-state index in [0.717, 1.165) is 17.7 Å². The zero-order valence-corrected chi connectivity index (χ0v) is 14.0. The number of benzene rings is 2. The molecule has 0 fully saturated rings. The molecule has 0 bridgehead atoms. The Labute approximate surface area is 143 Å². The Morgan fingerprint density at radius 1 is 1.00 bits per heavy atom. The maximum absolute atomic E-state index is 11.0. The highest BCUT2D eigenvalue weighted by molar-refractivity contribution is 7.46. The van der Waals surface area contributed by atoms with E-state index in [2.05, 4.69) is 4.52 Å². The first kappa shape index (κ1) is 19.2. The highest BCUT2D eigenvalue weighted by atomic mass is 31.2. The van der Waals surface area contributed by atoms with Crippen LogP contribution >= 0.6 is 7.82 Å². The lowest BCUT2D eigenvalue weighted by atomic mass is 9.96. The summed E-state index contributed by atoms with van der Waals surface area (Å²) in [6.07, 6.45) is 0.538. The van der Waals surface area contributed by atoms with Gasteiger partial charge < -0.3 is 24.9 Å². The van der Waals surface area contributed by atoms with E-state index in [1.165, 1.54) is 18.2 Å². The largest absolute Gasteiger partial charge is 0.524 e. The predicted octanol–water partition coefficient (Wildman–Crippen LogP) is 1.73. The summed E-state index contributed by atoms with van der Waals surface area (Å²) in [5.41, 5.74) is 0.349. The maximum Gasteiger partial charge on any atom is 0.524 e. The van der Waals surface area contributed by atoms with Crippen molar-refractivity contribution in [3.05, 3.63) is 53.6 Å². The summed E-state index contributed by atoms with van der Waals surface area (Å²) in [4.78, 5) is 17.8. The molecule has 0 spiro atoms. The van der Waals surface area contributed by atoms with E-state index in [1.54, 1.807) is 12.1 Å². The molecule has 0 radical (unpaired) electrons. The number of phenols is 2. The normalized spacial score (nSPS) is 12.2. The molecule has 8 nitrogen and oxygen atoms in total. The zero-order valence-electron chi connectivity index (χ0n) is 13.1. The van der Waals surface area contributed by atoms with E-state index >= 15 is 0 Å². The third kappa shape index (κ3) is 5.45. The van der Waals surface area contributed by atoms with Gasteiger partial charge in [-0.15, -0.1) is 0 Å². The van der Waals surface area contributed by atoms with Gasteiger partial charge in [-0.25, -0.2) is 4.57 Å². The van der Waals surface area contributed by atoms with Crippen LogP contribution in [0, 0.1) is 0 Å². The minimum atomic E-state index is -4.94. The van der Waals surface area contributed by atoms with Gasteiger partial charge in [-0.3, -0.25) is 9.79 Å². The van der Waals surface area contributed by atoms with Crippen LogP contribution in [0.3, 0.4) is 0 Å². The number of phenolic OH excluding ortho intramolecular Hbond substituents is 2. The number of aromatic hydroxyl groups is 2. The minimum absolute atomic E-state index is 0.121. The summed E-state index contributed by atoms with van der Waals surface area (Å²) in [7, 11) is -4.94. The predicted molar refractivity (Wildman–Crippen MR) is 87.9 cm³/mol. The molecule has 0 saturated heterocycles. The van der Waals surface area contributed by atoms with Crippen LogP contribution in [0.15, 0.2) is 42.5 Å². The molecule has 2 rings (SSSR count). The van der Waals surface area contributed by atoms with Crippen molar-refractivity contribution >= 4 is 7.82 Å². The van der Waals surface area contributed by atoms with E-state index in [0.29, 0.717) is 12.8 Å². The van der Waals surface area contributed by atoms with Crippen molar-refractivity contribution in [1.82, 2.24) is 0 Å². The van der Waals surface area contributed by atoms with Crippen LogP contribution in [0.2, 0.25) is 0 Å². The summed E-state index contributed by atoms with van der Waals surface area (Å²) >= 11 is 0. The summed E-state index contributed by atoms with van der Waals surface area (Å²) in [6.45, 7) is 0. The van der Waals surface area contributed by atoms with Crippen molar-refractivity contribution in [2.45, 2.75) is 25.0 Å². The average molecular weight is 370 g/mol. The molecule has 0 aliphatic carbocycles. The SMILES string of the molecule is O=P(O)(O)Oc1cccc(O)c1C(O)(O)CCCc1ccc(O)cc1. The molecular formula is C16H19O8P. The van der Waals surface area contributed by atoms with Gasteiger partial charge in [0.15, 0.2) is 5.79 Å². The van der Waals surface area contributed by atoms with Crippen LogP contribution in [-0.2, 0) is 16.8 Å². The fraction of sp³-hybridized carbons (Fsp3) is 0.250. The van der Waals surface area contributed by atoms with Crippen LogP contribution < -0.4 is 4.52 Å². The van der Waals surface area contributed by atoms with Crippen molar-refractivity contribution in [1.29, 1.82) is 0 Å². The molecule has 0 aliphatic heterocycles. The Kier molecular flexibility index (Phi) is 5.72. The van der Waals surface area contributed by atoms with Crippen molar-refractivity contribution in [2.24, 2.45) is 0 Å². The Bertz CT molecular complexity index is 766. The van der Waals surface area contributed by atoms with Gasteiger partial charge in [0.1, 0.15) is 17.2 Å². The zero-order chi connectivity index (χ0) is 18.7. The van der Waals surface area contributed by atoms with Crippen molar-refractivity contribution in [3.8, 4) is 17.2 Å². The second kappa shape index (κ2) is 7.43. The van der Waals surface area contributed by atoms with Crippen molar-refractivity contribution in [3.63, 3.8) is 0 Å². The Morgan fingerprint density at radius 3 is 2.24 bits per heavy atom. The number of aryl methyl sites for hydroxylation is 1. The lowest BCUT2D eigenvalue weighted by Gasteiger charge is -2.25.